The van der Waals surface area contributed by atoms with Crippen LogP contribution in [0.15, 0.2) is 18.3 Å². The summed E-state index contributed by atoms with van der Waals surface area (Å²) in [6.45, 7) is 2.34. The Hall–Kier alpha value is -1.79. The normalized spacial score (nSPS) is 16.3. The van der Waals surface area contributed by atoms with E-state index in [9.17, 15) is 18.0 Å². The van der Waals surface area contributed by atoms with Crippen molar-refractivity contribution in [1.29, 1.82) is 0 Å². The molecule has 2 rings (SSSR count). The van der Waals surface area contributed by atoms with E-state index in [0.29, 0.717) is 13.1 Å². The fourth-order valence-electron chi connectivity index (χ4n) is 1.56. The average Bonchev–Trinajstić information content (AvgIpc) is 2.21. The first-order chi connectivity index (χ1) is 8.36. The van der Waals surface area contributed by atoms with Crippen molar-refractivity contribution < 1.29 is 22.7 Å². The zero-order valence-electron chi connectivity index (χ0n) is 9.57. The van der Waals surface area contributed by atoms with Crippen LogP contribution in [-0.2, 0) is 11.0 Å². The topological polar surface area (TPSA) is 42.4 Å². The fourth-order valence-corrected chi connectivity index (χ4v) is 1.56. The summed E-state index contributed by atoms with van der Waals surface area (Å²) >= 11 is 0. The largest absolute Gasteiger partial charge is 0.471 e. The van der Waals surface area contributed by atoms with Crippen LogP contribution in [0.2, 0.25) is 0 Å². The predicted molar refractivity (Wildman–Crippen MR) is 55.9 cm³/mol. The van der Waals surface area contributed by atoms with Crippen molar-refractivity contribution in [1.82, 2.24) is 9.88 Å². The molecule has 98 valence electrons. The molecule has 1 aliphatic heterocycles. The van der Waals surface area contributed by atoms with Gasteiger partial charge in [-0.2, -0.15) is 13.2 Å². The lowest BCUT2D eigenvalue weighted by Gasteiger charge is -2.37. The number of aromatic nitrogens is 1. The van der Waals surface area contributed by atoms with Crippen molar-refractivity contribution in [2.24, 2.45) is 0 Å². The van der Waals surface area contributed by atoms with Crippen LogP contribution in [-0.4, -0.2) is 35.0 Å². The molecular weight excluding hydrogens is 249 g/mol. The van der Waals surface area contributed by atoms with E-state index >= 15 is 0 Å². The molecule has 0 saturated carbocycles. The van der Waals surface area contributed by atoms with Crippen LogP contribution in [0, 0.1) is 0 Å². The van der Waals surface area contributed by atoms with Crippen molar-refractivity contribution in [2.45, 2.75) is 19.2 Å². The van der Waals surface area contributed by atoms with Gasteiger partial charge in [-0.1, -0.05) is 0 Å². The SMILES string of the molecule is CC(=O)N1CC(Oc2ccc(C(F)(F)F)cn2)C1. The summed E-state index contributed by atoms with van der Waals surface area (Å²) < 4.78 is 42.1. The number of ether oxygens (including phenoxy) is 1. The minimum atomic E-state index is -4.40. The molecule has 0 N–H and O–H groups in total. The van der Waals surface area contributed by atoms with Gasteiger partial charge in [0.25, 0.3) is 0 Å². The molecule has 4 nitrogen and oxygen atoms in total. The lowest BCUT2D eigenvalue weighted by Crippen LogP contribution is -2.55. The molecular formula is C11H11F3N2O2. The molecule has 0 unspecified atom stereocenters. The Bertz CT molecular complexity index is 439. The zero-order valence-corrected chi connectivity index (χ0v) is 9.57. The van der Waals surface area contributed by atoms with E-state index in [1.165, 1.54) is 13.0 Å². The minimum absolute atomic E-state index is 0.0461. The van der Waals surface area contributed by atoms with Gasteiger partial charge in [0.05, 0.1) is 18.7 Å². The van der Waals surface area contributed by atoms with Gasteiger partial charge in [0.2, 0.25) is 11.8 Å². The van der Waals surface area contributed by atoms with Crippen molar-refractivity contribution in [2.75, 3.05) is 13.1 Å². The third-order valence-corrected chi connectivity index (χ3v) is 2.64. The van der Waals surface area contributed by atoms with Gasteiger partial charge < -0.3 is 9.64 Å². The van der Waals surface area contributed by atoms with E-state index in [2.05, 4.69) is 4.98 Å². The second kappa shape index (κ2) is 4.47. The van der Waals surface area contributed by atoms with Crippen LogP contribution >= 0.6 is 0 Å². The maximum atomic E-state index is 12.3. The highest BCUT2D eigenvalue weighted by molar-refractivity contribution is 5.74. The van der Waals surface area contributed by atoms with E-state index < -0.39 is 11.7 Å². The van der Waals surface area contributed by atoms with Crippen LogP contribution < -0.4 is 4.74 Å². The Labute approximate surface area is 101 Å². The molecule has 1 aromatic heterocycles. The Morgan fingerprint density at radius 1 is 1.44 bits per heavy atom. The highest BCUT2D eigenvalue weighted by Gasteiger charge is 2.32. The van der Waals surface area contributed by atoms with Gasteiger partial charge in [0.15, 0.2) is 0 Å². The lowest BCUT2D eigenvalue weighted by molar-refractivity contribution is -0.139. The Morgan fingerprint density at radius 3 is 2.56 bits per heavy atom. The lowest BCUT2D eigenvalue weighted by atomic mass is 10.1. The molecule has 1 fully saturated rings. The summed E-state index contributed by atoms with van der Waals surface area (Å²) in [7, 11) is 0. The molecule has 1 aromatic rings. The quantitative estimate of drug-likeness (QED) is 0.813. The number of alkyl halides is 3. The van der Waals surface area contributed by atoms with Gasteiger partial charge in [0, 0.05) is 19.2 Å². The predicted octanol–water partition coefficient (Wildman–Crippen LogP) is 1.71. The van der Waals surface area contributed by atoms with Crippen molar-refractivity contribution in [3.05, 3.63) is 23.9 Å². The fraction of sp³-hybridized carbons (Fsp3) is 0.455. The Morgan fingerprint density at radius 2 is 2.11 bits per heavy atom. The number of rotatable bonds is 2. The first-order valence-corrected chi connectivity index (χ1v) is 5.31. The van der Waals surface area contributed by atoms with Gasteiger partial charge >= 0.3 is 6.18 Å². The number of nitrogens with zero attached hydrogens (tertiary/aromatic N) is 2. The van der Waals surface area contributed by atoms with Crippen LogP contribution in [0.4, 0.5) is 13.2 Å². The van der Waals surface area contributed by atoms with Crippen LogP contribution in [0.3, 0.4) is 0 Å². The van der Waals surface area contributed by atoms with Gasteiger partial charge in [-0.15, -0.1) is 0 Å². The number of likely N-dealkylation sites (tertiary alicyclic amines) is 1. The first kappa shape index (κ1) is 12.7. The number of amides is 1. The summed E-state index contributed by atoms with van der Waals surface area (Å²) in [6, 6.07) is 2.10. The number of hydrogen-bond acceptors (Lipinski definition) is 3. The average molecular weight is 260 g/mol. The molecule has 1 saturated heterocycles. The molecule has 0 aromatic carbocycles. The van der Waals surface area contributed by atoms with Crippen molar-refractivity contribution >= 4 is 5.91 Å². The highest BCUT2D eigenvalue weighted by atomic mass is 19.4. The number of hydrogen-bond donors (Lipinski definition) is 0. The second-order valence-corrected chi connectivity index (χ2v) is 4.05. The summed E-state index contributed by atoms with van der Waals surface area (Å²) in [6.07, 6.45) is -3.86. The van der Waals surface area contributed by atoms with E-state index in [0.717, 1.165) is 12.3 Å². The molecule has 1 amide bonds. The van der Waals surface area contributed by atoms with Gasteiger partial charge in [0.1, 0.15) is 6.10 Å². The third kappa shape index (κ3) is 2.72. The number of carbonyl (C=O) groups is 1. The molecule has 0 radical (unpaired) electrons. The molecule has 2 heterocycles. The summed E-state index contributed by atoms with van der Waals surface area (Å²) in [4.78, 5) is 16.1. The summed E-state index contributed by atoms with van der Waals surface area (Å²) in [5.41, 5.74) is -0.811. The van der Waals surface area contributed by atoms with Crippen LogP contribution in [0.25, 0.3) is 0 Å². The zero-order chi connectivity index (χ0) is 13.3. The van der Waals surface area contributed by atoms with Crippen molar-refractivity contribution in [3.63, 3.8) is 0 Å². The number of halogens is 3. The van der Waals surface area contributed by atoms with Gasteiger partial charge in [-0.05, 0) is 6.07 Å². The Balaban J connectivity index is 1.90. The highest BCUT2D eigenvalue weighted by Crippen LogP contribution is 2.29. The summed E-state index contributed by atoms with van der Waals surface area (Å²) in [5, 5.41) is 0. The monoisotopic (exact) mass is 260 g/mol. The van der Waals surface area contributed by atoms with E-state index in [1.54, 1.807) is 4.90 Å². The Kier molecular flexibility index (Phi) is 3.14. The summed E-state index contributed by atoms with van der Waals surface area (Å²) in [5.74, 6) is 0.0893. The van der Waals surface area contributed by atoms with Crippen molar-refractivity contribution in [3.8, 4) is 5.88 Å². The molecule has 0 bridgehead atoms. The van der Waals surface area contributed by atoms with E-state index in [-0.39, 0.29) is 17.9 Å². The molecule has 18 heavy (non-hydrogen) atoms. The molecule has 0 spiro atoms. The maximum Gasteiger partial charge on any atom is 0.417 e. The first-order valence-electron chi connectivity index (χ1n) is 5.31. The van der Waals surface area contributed by atoms with Crippen LogP contribution in [0.5, 0.6) is 5.88 Å². The maximum absolute atomic E-state index is 12.3. The van der Waals surface area contributed by atoms with Gasteiger partial charge in [-0.3, -0.25) is 4.79 Å². The van der Waals surface area contributed by atoms with Gasteiger partial charge in [-0.25, -0.2) is 4.98 Å². The van der Waals surface area contributed by atoms with Crippen LogP contribution in [0.1, 0.15) is 12.5 Å². The van der Waals surface area contributed by atoms with E-state index in [1.807, 2.05) is 0 Å². The standard InChI is InChI=1S/C11H11F3N2O2/c1-7(17)16-5-9(6-16)18-10-3-2-8(4-15-10)11(12,13)14/h2-4,9H,5-6H2,1H3. The minimum Gasteiger partial charge on any atom is -0.471 e. The molecule has 7 heteroatoms. The molecule has 0 atom stereocenters. The number of pyridine rings is 1. The molecule has 1 aliphatic rings. The molecule has 0 aliphatic carbocycles. The van der Waals surface area contributed by atoms with E-state index in [4.69, 9.17) is 4.74 Å². The smallest absolute Gasteiger partial charge is 0.417 e. The number of carbonyl (C=O) groups excluding carboxylic acids is 1. The second-order valence-electron chi connectivity index (χ2n) is 4.05. The third-order valence-electron chi connectivity index (χ3n) is 2.64.